The van der Waals surface area contributed by atoms with Gasteiger partial charge in [-0.25, -0.2) is 13.5 Å². The van der Waals surface area contributed by atoms with Crippen LogP contribution in [0.3, 0.4) is 0 Å². The predicted molar refractivity (Wildman–Crippen MR) is 68.2 cm³/mol. The van der Waals surface area contributed by atoms with E-state index < -0.39 is 9.84 Å². The number of nitrogen functional groups attached to an aromatic ring is 1. The van der Waals surface area contributed by atoms with Crippen LogP contribution in [-0.4, -0.2) is 29.4 Å². The van der Waals surface area contributed by atoms with E-state index in [0.29, 0.717) is 16.5 Å². The molecule has 0 unspecified atom stereocenters. The number of hydrogen-bond donors (Lipinski definition) is 3. The van der Waals surface area contributed by atoms with Crippen molar-refractivity contribution in [3.05, 3.63) is 24.3 Å². The highest BCUT2D eigenvalue weighted by atomic mass is 32.2. The minimum Gasteiger partial charge on any atom is -0.368 e. The Hall–Kier alpha value is -2.09. The number of aromatic nitrogens is 3. The molecule has 2 aromatic rings. The van der Waals surface area contributed by atoms with Crippen molar-refractivity contribution in [2.45, 2.75) is 11.8 Å². The van der Waals surface area contributed by atoms with Gasteiger partial charge in [0.1, 0.15) is 0 Å². The first-order valence-corrected chi connectivity index (χ1v) is 6.94. The molecule has 96 valence electrons. The van der Waals surface area contributed by atoms with E-state index >= 15 is 0 Å². The lowest BCUT2D eigenvalue weighted by atomic mass is 10.3. The van der Waals surface area contributed by atoms with Crippen LogP contribution in [0.2, 0.25) is 0 Å². The summed E-state index contributed by atoms with van der Waals surface area (Å²) >= 11 is 0. The Morgan fingerprint density at radius 3 is 2.50 bits per heavy atom. The standard InChI is InChI=1S/C10H13N5O2S/c1-2-18(16,17)8-5-3-7(4-6-8)12-10-13-9(11)14-15-10/h3-6H,2H2,1H3,(H4,11,12,13,14,15). The Balaban J connectivity index is 2.18. The molecule has 4 N–H and O–H groups in total. The number of benzene rings is 1. The van der Waals surface area contributed by atoms with Gasteiger partial charge in [-0.15, -0.1) is 5.10 Å². The largest absolute Gasteiger partial charge is 0.368 e. The predicted octanol–water partition coefficient (Wildman–Crippen LogP) is 0.924. The summed E-state index contributed by atoms with van der Waals surface area (Å²) in [6, 6.07) is 6.37. The average molecular weight is 267 g/mol. The molecule has 0 fully saturated rings. The number of nitrogens with zero attached hydrogens (tertiary/aromatic N) is 2. The van der Waals surface area contributed by atoms with Gasteiger partial charge < -0.3 is 11.1 Å². The van der Waals surface area contributed by atoms with Gasteiger partial charge in [0, 0.05) is 5.69 Å². The van der Waals surface area contributed by atoms with E-state index in [1.807, 2.05) is 0 Å². The third-order valence-corrected chi connectivity index (χ3v) is 4.10. The molecule has 0 aliphatic rings. The Morgan fingerprint density at radius 1 is 1.33 bits per heavy atom. The second-order valence-electron chi connectivity index (χ2n) is 3.60. The molecule has 0 aliphatic carbocycles. The first kappa shape index (κ1) is 12.4. The molecule has 0 saturated heterocycles. The van der Waals surface area contributed by atoms with Gasteiger partial charge in [0.25, 0.3) is 0 Å². The lowest BCUT2D eigenvalue weighted by Crippen LogP contribution is -2.03. The molecule has 1 heterocycles. The molecule has 0 atom stereocenters. The highest BCUT2D eigenvalue weighted by molar-refractivity contribution is 7.91. The van der Waals surface area contributed by atoms with Gasteiger partial charge >= 0.3 is 0 Å². The van der Waals surface area contributed by atoms with E-state index in [2.05, 4.69) is 20.5 Å². The number of rotatable bonds is 4. The van der Waals surface area contributed by atoms with E-state index in [1.54, 1.807) is 19.1 Å². The maximum Gasteiger partial charge on any atom is 0.248 e. The van der Waals surface area contributed by atoms with Crippen LogP contribution in [0, 0.1) is 0 Å². The Bertz CT molecular complexity index is 633. The van der Waals surface area contributed by atoms with Crippen LogP contribution < -0.4 is 11.1 Å². The fourth-order valence-corrected chi connectivity index (χ4v) is 2.26. The van der Waals surface area contributed by atoms with Crippen LogP contribution in [0.5, 0.6) is 0 Å². The third kappa shape index (κ3) is 2.59. The van der Waals surface area contributed by atoms with Gasteiger partial charge in [-0.05, 0) is 24.3 Å². The zero-order valence-corrected chi connectivity index (χ0v) is 10.5. The Morgan fingerprint density at radius 2 is 2.00 bits per heavy atom. The van der Waals surface area contributed by atoms with Crippen molar-refractivity contribution in [2.24, 2.45) is 0 Å². The zero-order valence-electron chi connectivity index (χ0n) is 9.71. The van der Waals surface area contributed by atoms with Crippen molar-refractivity contribution in [3.8, 4) is 0 Å². The second kappa shape index (κ2) is 4.65. The van der Waals surface area contributed by atoms with E-state index in [0.717, 1.165) is 0 Å². The van der Waals surface area contributed by atoms with Crippen LogP contribution in [0.4, 0.5) is 17.6 Å². The number of H-pyrrole nitrogens is 1. The minimum atomic E-state index is -3.17. The average Bonchev–Trinajstić information content (AvgIpc) is 2.75. The van der Waals surface area contributed by atoms with Crippen LogP contribution in [0.15, 0.2) is 29.2 Å². The summed E-state index contributed by atoms with van der Waals surface area (Å²) in [5, 5.41) is 9.19. The lowest BCUT2D eigenvalue weighted by molar-refractivity contribution is 0.597. The number of hydrogen-bond acceptors (Lipinski definition) is 6. The molecule has 2 rings (SSSR count). The van der Waals surface area contributed by atoms with Crippen molar-refractivity contribution in [1.29, 1.82) is 0 Å². The fraction of sp³-hybridized carbons (Fsp3) is 0.200. The number of nitrogens with one attached hydrogen (secondary N) is 2. The summed E-state index contributed by atoms with van der Waals surface area (Å²) < 4.78 is 23.2. The van der Waals surface area contributed by atoms with Gasteiger partial charge in [-0.1, -0.05) is 6.92 Å². The highest BCUT2D eigenvalue weighted by Gasteiger charge is 2.10. The molecule has 0 aliphatic heterocycles. The van der Waals surface area contributed by atoms with Crippen LogP contribution in [-0.2, 0) is 9.84 Å². The Kier molecular flexibility index (Phi) is 3.19. The maximum atomic E-state index is 11.6. The molecular formula is C10H13N5O2S. The lowest BCUT2D eigenvalue weighted by Gasteiger charge is -2.04. The monoisotopic (exact) mass is 267 g/mol. The van der Waals surface area contributed by atoms with Gasteiger partial charge in [0.05, 0.1) is 10.6 Å². The molecule has 1 aromatic heterocycles. The van der Waals surface area contributed by atoms with E-state index in [-0.39, 0.29) is 11.7 Å². The first-order valence-electron chi connectivity index (χ1n) is 5.29. The zero-order chi connectivity index (χ0) is 13.2. The van der Waals surface area contributed by atoms with Gasteiger partial charge in [-0.2, -0.15) is 4.98 Å². The smallest absolute Gasteiger partial charge is 0.248 e. The quantitative estimate of drug-likeness (QED) is 0.759. The molecule has 1 aromatic carbocycles. The SMILES string of the molecule is CCS(=O)(=O)c1ccc(Nc2n[nH]c(N)n2)cc1. The summed E-state index contributed by atoms with van der Waals surface area (Å²) in [6.07, 6.45) is 0. The number of nitrogens with two attached hydrogens (primary N) is 1. The van der Waals surface area contributed by atoms with Crippen LogP contribution in [0.25, 0.3) is 0 Å². The molecule has 0 amide bonds. The third-order valence-electron chi connectivity index (χ3n) is 2.35. The summed E-state index contributed by atoms with van der Waals surface area (Å²) in [5.41, 5.74) is 6.07. The molecule has 7 nitrogen and oxygen atoms in total. The highest BCUT2D eigenvalue weighted by Crippen LogP contribution is 2.17. The van der Waals surface area contributed by atoms with Crippen LogP contribution in [0.1, 0.15) is 6.92 Å². The summed E-state index contributed by atoms with van der Waals surface area (Å²) in [7, 11) is -3.17. The van der Waals surface area contributed by atoms with Crippen LogP contribution >= 0.6 is 0 Å². The second-order valence-corrected chi connectivity index (χ2v) is 5.88. The van der Waals surface area contributed by atoms with Gasteiger partial charge in [0.15, 0.2) is 9.84 Å². The maximum absolute atomic E-state index is 11.6. The summed E-state index contributed by atoms with van der Waals surface area (Å²) in [4.78, 5) is 4.17. The summed E-state index contributed by atoms with van der Waals surface area (Å²) in [5.74, 6) is 0.623. The topological polar surface area (TPSA) is 114 Å². The molecule has 0 radical (unpaired) electrons. The van der Waals surface area contributed by atoms with Crippen molar-refractivity contribution in [3.63, 3.8) is 0 Å². The number of aromatic amines is 1. The number of anilines is 3. The normalized spacial score (nSPS) is 11.4. The fourth-order valence-electron chi connectivity index (χ4n) is 1.37. The first-order chi connectivity index (χ1) is 8.51. The minimum absolute atomic E-state index is 0.0806. The molecule has 0 saturated carbocycles. The molecule has 8 heteroatoms. The summed E-state index contributed by atoms with van der Waals surface area (Å²) in [6.45, 7) is 1.61. The van der Waals surface area contributed by atoms with Crippen molar-refractivity contribution >= 4 is 27.4 Å². The van der Waals surface area contributed by atoms with Crippen molar-refractivity contribution in [2.75, 3.05) is 16.8 Å². The van der Waals surface area contributed by atoms with E-state index in [4.69, 9.17) is 5.73 Å². The molecular weight excluding hydrogens is 254 g/mol. The Labute approximate surface area is 104 Å². The van der Waals surface area contributed by atoms with Crippen molar-refractivity contribution in [1.82, 2.24) is 15.2 Å². The van der Waals surface area contributed by atoms with E-state index in [1.165, 1.54) is 12.1 Å². The van der Waals surface area contributed by atoms with Gasteiger partial charge in [-0.3, -0.25) is 0 Å². The van der Waals surface area contributed by atoms with E-state index in [9.17, 15) is 8.42 Å². The van der Waals surface area contributed by atoms with Crippen molar-refractivity contribution < 1.29 is 8.42 Å². The molecule has 18 heavy (non-hydrogen) atoms. The molecule has 0 bridgehead atoms. The number of sulfone groups is 1. The van der Waals surface area contributed by atoms with Gasteiger partial charge in [0.2, 0.25) is 11.9 Å². The molecule has 0 spiro atoms.